The Morgan fingerprint density at radius 3 is 2.65 bits per heavy atom. The predicted octanol–water partition coefficient (Wildman–Crippen LogP) is 3.98. The fourth-order valence-corrected chi connectivity index (χ4v) is 5.66. The van der Waals surface area contributed by atoms with Crippen molar-refractivity contribution in [2.45, 2.75) is 70.6 Å². The van der Waals surface area contributed by atoms with E-state index in [2.05, 4.69) is 0 Å². The van der Waals surface area contributed by atoms with Gasteiger partial charge in [0.2, 0.25) is 5.91 Å². The van der Waals surface area contributed by atoms with Crippen molar-refractivity contribution in [1.29, 1.82) is 0 Å². The highest BCUT2D eigenvalue weighted by Gasteiger charge is 2.23. The molecule has 0 aliphatic heterocycles. The third kappa shape index (κ3) is 3.69. The molecule has 2 aromatic heterocycles. The average molecular weight is 394 g/mol. The Morgan fingerprint density at radius 2 is 2.00 bits per heavy atom. The van der Waals surface area contributed by atoms with Crippen molar-refractivity contribution in [3.05, 3.63) is 20.8 Å². The molecule has 0 atom stereocenters. The Morgan fingerprint density at radius 1 is 1.31 bits per heavy atom. The van der Waals surface area contributed by atoms with Gasteiger partial charge in [-0.3, -0.25) is 14.2 Å². The summed E-state index contributed by atoms with van der Waals surface area (Å²) in [5, 5.41) is 1.38. The van der Waals surface area contributed by atoms with E-state index in [4.69, 9.17) is 4.98 Å². The first-order valence-corrected chi connectivity index (χ1v) is 11.1. The highest BCUT2D eigenvalue weighted by molar-refractivity contribution is 7.99. The lowest BCUT2D eigenvalue weighted by Gasteiger charge is -2.31. The summed E-state index contributed by atoms with van der Waals surface area (Å²) in [6.45, 7) is 6.51. The lowest BCUT2D eigenvalue weighted by molar-refractivity contribution is -0.129. The molecule has 1 saturated carbocycles. The summed E-state index contributed by atoms with van der Waals surface area (Å²) in [5.74, 6) is 0.450. The monoisotopic (exact) mass is 393 g/mol. The normalized spacial score (nSPS) is 15.5. The maximum Gasteiger partial charge on any atom is 0.263 e. The minimum Gasteiger partial charge on any atom is -0.342 e. The van der Waals surface area contributed by atoms with Crippen LogP contribution in [0.15, 0.2) is 9.95 Å². The molecule has 0 saturated heterocycles. The maximum absolute atomic E-state index is 12.9. The summed E-state index contributed by atoms with van der Waals surface area (Å²) in [7, 11) is 1.91. The first kappa shape index (κ1) is 19.4. The van der Waals surface area contributed by atoms with Crippen molar-refractivity contribution in [3.63, 3.8) is 0 Å². The van der Waals surface area contributed by atoms with Gasteiger partial charge in [0.25, 0.3) is 5.56 Å². The molecule has 0 radical (unpaired) electrons. The van der Waals surface area contributed by atoms with Gasteiger partial charge in [-0.1, -0.05) is 31.0 Å². The summed E-state index contributed by atoms with van der Waals surface area (Å²) in [4.78, 5) is 34.0. The van der Waals surface area contributed by atoms with Crippen molar-refractivity contribution in [2.24, 2.45) is 0 Å². The number of rotatable bonds is 5. The predicted molar refractivity (Wildman–Crippen MR) is 109 cm³/mol. The average Bonchev–Trinajstić information content (AvgIpc) is 2.94. The topological polar surface area (TPSA) is 55.2 Å². The number of nitrogens with zero attached hydrogens (tertiary/aromatic N) is 3. The van der Waals surface area contributed by atoms with Crippen LogP contribution in [0.4, 0.5) is 0 Å². The van der Waals surface area contributed by atoms with Gasteiger partial charge in [-0.15, -0.1) is 11.3 Å². The number of fused-ring (bicyclic) bond motifs is 1. The zero-order chi connectivity index (χ0) is 18.8. The molecule has 0 N–H and O–H groups in total. The van der Waals surface area contributed by atoms with Gasteiger partial charge < -0.3 is 4.90 Å². The van der Waals surface area contributed by atoms with Crippen LogP contribution in [-0.2, 0) is 11.3 Å². The van der Waals surface area contributed by atoms with E-state index in [-0.39, 0.29) is 11.5 Å². The first-order valence-electron chi connectivity index (χ1n) is 9.33. The molecule has 0 spiro atoms. The summed E-state index contributed by atoms with van der Waals surface area (Å²) in [5.41, 5.74) is 1.03. The molecule has 142 valence electrons. The molecule has 0 unspecified atom stereocenters. The second-order valence-corrected chi connectivity index (χ2v) is 9.14. The highest BCUT2D eigenvalue weighted by Crippen LogP contribution is 2.29. The smallest absolute Gasteiger partial charge is 0.263 e. The van der Waals surface area contributed by atoms with Crippen molar-refractivity contribution >= 4 is 39.2 Å². The molecular formula is C19H27N3O2S2. The molecule has 1 amide bonds. The number of thioether (sulfide) groups is 1. The Hall–Kier alpha value is -1.34. The highest BCUT2D eigenvalue weighted by atomic mass is 32.2. The van der Waals surface area contributed by atoms with Gasteiger partial charge in [0.15, 0.2) is 5.16 Å². The Kier molecular flexibility index (Phi) is 6.07. The molecular weight excluding hydrogens is 366 g/mol. The van der Waals surface area contributed by atoms with Crippen LogP contribution >= 0.6 is 23.1 Å². The maximum atomic E-state index is 12.9. The molecule has 1 aliphatic carbocycles. The van der Waals surface area contributed by atoms with Gasteiger partial charge in [-0.05, 0) is 39.2 Å². The van der Waals surface area contributed by atoms with E-state index in [1.165, 1.54) is 31.0 Å². The van der Waals surface area contributed by atoms with Gasteiger partial charge in [0.05, 0.1) is 11.1 Å². The Balaban J connectivity index is 1.80. The number of aromatic nitrogens is 2. The molecule has 7 heteroatoms. The molecule has 3 rings (SSSR count). The Labute approximate surface area is 162 Å². The van der Waals surface area contributed by atoms with Gasteiger partial charge in [-0.2, -0.15) is 0 Å². The lowest BCUT2D eigenvalue weighted by atomic mass is 9.94. The number of aryl methyl sites for hydroxylation is 2. The van der Waals surface area contributed by atoms with E-state index in [9.17, 15) is 9.59 Å². The molecule has 0 aromatic carbocycles. The van der Waals surface area contributed by atoms with Crippen molar-refractivity contribution in [1.82, 2.24) is 14.5 Å². The van der Waals surface area contributed by atoms with Crippen LogP contribution in [0.1, 0.15) is 49.5 Å². The van der Waals surface area contributed by atoms with Crippen LogP contribution in [0.25, 0.3) is 10.2 Å². The molecule has 1 aliphatic rings. The molecule has 5 nitrogen and oxygen atoms in total. The molecule has 1 fully saturated rings. The number of carbonyl (C=O) groups is 1. The summed E-state index contributed by atoms with van der Waals surface area (Å²) in [6, 6.07) is 0.364. The fourth-order valence-electron chi connectivity index (χ4n) is 3.60. The summed E-state index contributed by atoms with van der Waals surface area (Å²) in [6.07, 6.45) is 5.90. The lowest BCUT2D eigenvalue weighted by Crippen LogP contribution is -2.39. The number of hydrogen-bond acceptors (Lipinski definition) is 5. The van der Waals surface area contributed by atoms with Gasteiger partial charge in [0.1, 0.15) is 4.83 Å². The van der Waals surface area contributed by atoms with Crippen molar-refractivity contribution in [2.75, 3.05) is 12.8 Å². The minimum absolute atomic E-state index is 0.00920. The van der Waals surface area contributed by atoms with Crippen LogP contribution < -0.4 is 5.56 Å². The van der Waals surface area contributed by atoms with E-state index in [0.717, 1.165) is 33.5 Å². The quantitative estimate of drug-likeness (QED) is 0.570. The van der Waals surface area contributed by atoms with Crippen LogP contribution in [0.3, 0.4) is 0 Å². The van der Waals surface area contributed by atoms with Gasteiger partial charge in [0, 0.05) is 24.5 Å². The van der Waals surface area contributed by atoms with Gasteiger partial charge >= 0.3 is 0 Å². The van der Waals surface area contributed by atoms with Crippen LogP contribution in [-0.4, -0.2) is 39.2 Å². The van der Waals surface area contributed by atoms with E-state index in [0.29, 0.717) is 23.5 Å². The summed E-state index contributed by atoms with van der Waals surface area (Å²) >= 11 is 2.94. The van der Waals surface area contributed by atoms with Crippen molar-refractivity contribution in [3.8, 4) is 0 Å². The number of carbonyl (C=O) groups excluding carboxylic acids is 1. The number of hydrogen-bond donors (Lipinski definition) is 0. The first-order chi connectivity index (χ1) is 12.4. The molecule has 2 aromatic rings. The third-order valence-electron chi connectivity index (χ3n) is 5.41. The molecule has 26 heavy (non-hydrogen) atoms. The zero-order valence-electron chi connectivity index (χ0n) is 16.0. The van der Waals surface area contributed by atoms with E-state index < -0.39 is 0 Å². The number of thiophene rings is 1. The number of amides is 1. The minimum atomic E-state index is 0.00920. The van der Waals surface area contributed by atoms with E-state index in [1.54, 1.807) is 15.9 Å². The Bertz CT molecular complexity index is 866. The van der Waals surface area contributed by atoms with Gasteiger partial charge in [-0.25, -0.2) is 4.98 Å². The second-order valence-electron chi connectivity index (χ2n) is 6.99. The zero-order valence-corrected chi connectivity index (χ0v) is 17.6. The van der Waals surface area contributed by atoms with E-state index in [1.807, 2.05) is 32.7 Å². The van der Waals surface area contributed by atoms with Crippen LogP contribution in [0, 0.1) is 13.8 Å². The third-order valence-corrected chi connectivity index (χ3v) is 7.47. The molecule has 0 bridgehead atoms. The van der Waals surface area contributed by atoms with Crippen LogP contribution in [0.2, 0.25) is 0 Å². The SMILES string of the molecule is CCn1c(SCC(=O)N(C)C2CCCCC2)nc2sc(C)c(C)c2c1=O. The standard InChI is InChI=1S/C19H27N3O2S2/c1-5-22-18(24)16-12(2)13(3)26-17(16)20-19(22)25-11-15(23)21(4)14-9-7-6-8-10-14/h14H,5-11H2,1-4H3. The van der Waals surface area contributed by atoms with E-state index >= 15 is 0 Å². The van der Waals surface area contributed by atoms with Crippen LogP contribution in [0.5, 0.6) is 0 Å². The second kappa shape index (κ2) is 8.13. The largest absolute Gasteiger partial charge is 0.342 e. The fraction of sp³-hybridized carbons (Fsp3) is 0.632. The molecule has 2 heterocycles. The summed E-state index contributed by atoms with van der Waals surface area (Å²) < 4.78 is 1.69. The van der Waals surface area contributed by atoms with Crippen molar-refractivity contribution < 1.29 is 4.79 Å².